The molecule has 3 N–H and O–H groups in total. The van der Waals surface area contributed by atoms with Crippen LogP contribution in [-0.4, -0.2) is 20.9 Å². The molecule has 1 aromatic rings. The zero-order valence-corrected chi connectivity index (χ0v) is 10.2. The van der Waals surface area contributed by atoms with Gasteiger partial charge in [-0.15, -0.1) is 12.6 Å². The first-order valence-electron chi connectivity index (χ1n) is 5.02. The normalized spacial score (nSPS) is 18.5. The number of nitrogens with zero attached hydrogens (tertiary/aromatic N) is 1. The molecule has 0 saturated heterocycles. The number of carbonyl (C=O) groups is 1. The van der Waals surface area contributed by atoms with Crippen LogP contribution in [0.5, 0.6) is 0 Å². The molecule has 88 valence electrons. The predicted molar refractivity (Wildman–Crippen MR) is 65.4 cm³/mol. The van der Waals surface area contributed by atoms with E-state index in [-0.39, 0.29) is 0 Å². The van der Waals surface area contributed by atoms with Gasteiger partial charge in [0.25, 0.3) is 0 Å². The molecule has 0 aromatic carbocycles. The number of carboxylic acids is 1. The smallest absolute Gasteiger partial charge is 0.334 e. The number of aromatic nitrogens is 1. The van der Waals surface area contributed by atoms with Crippen molar-refractivity contribution in [2.24, 2.45) is 5.73 Å². The second kappa shape index (κ2) is 4.43. The van der Waals surface area contributed by atoms with Crippen LogP contribution in [0.2, 0.25) is 0 Å². The highest BCUT2D eigenvalue weighted by Gasteiger charge is 2.49. The van der Waals surface area contributed by atoms with E-state index in [9.17, 15) is 4.79 Å². The van der Waals surface area contributed by atoms with Crippen molar-refractivity contribution < 1.29 is 9.90 Å². The molecule has 0 bridgehead atoms. The van der Waals surface area contributed by atoms with Crippen LogP contribution in [-0.2, 0) is 10.2 Å². The lowest BCUT2D eigenvalue weighted by Crippen LogP contribution is -2.58. The minimum absolute atomic E-state index is 0.538. The molecule has 0 fully saturated rings. The summed E-state index contributed by atoms with van der Waals surface area (Å²) in [6.45, 7) is 3.63. The molecule has 16 heavy (non-hydrogen) atoms. The van der Waals surface area contributed by atoms with E-state index in [1.54, 1.807) is 25.3 Å². The number of hydrogen-bond acceptors (Lipinski definition) is 4. The van der Waals surface area contributed by atoms with E-state index in [1.807, 2.05) is 13.0 Å². The second-order valence-electron chi connectivity index (χ2n) is 3.97. The zero-order valence-electron chi connectivity index (χ0n) is 9.34. The molecule has 1 unspecified atom stereocenters. The monoisotopic (exact) mass is 240 g/mol. The Labute approximate surface area is 100 Å². The Morgan fingerprint density at radius 2 is 2.25 bits per heavy atom. The van der Waals surface area contributed by atoms with E-state index in [2.05, 4.69) is 17.6 Å². The fourth-order valence-corrected chi connectivity index (χ4v) is 1.84. The first-order chi connectivity index (χ1) is 7.36. The topological polar surface area (TPSA) is 76.2 Å². The summed E-state index contributed by atoms with van der Waals surface area (Å²) < 4.78 is 0. The fourth-order valence-electron chi connectivity index (χ4n) is 1.57. The highest BCUT2D eigenvalue weighted by atomic mass is 32.1. The third-order valence-corrected chi connectivity index (χ3v) is 3.79. The first-order valence-corrected chi connectivity index (χ1v) is 5.47. The average molecular weight is 240 g/mol. The van der Waals surface area contributed by atoms with E-state index < -0.39 is 16.3 Å². The van der Waals surface area contributed by atoms with Crippen LogP contribution in [0.1, 0.15) is 26.0 Å². The minimum Gasteiger partial charge on any atom is -0.479 e. The fraction of sp³-hybridized carbons (Fsp3) is 0.455. The van der Waals surface area contributed by atoms with Crippen molar-refractivity contribution in [3.8, 4) is 0 Å². The molecule has 0 saturated carbocycles. The van der Waals surface area contributed by atoms with Gasteiger partial charge in [-0.3, -0.25) is 4.98 Å². The maximum absolute atomic E-state index is 11.2. The summed E-state index contributed by atoms with van der Waals surface area (Å²) in [5, 5.41) is 9.14. The lowest BCUT2D eigenvalue weighted by Gasteiger charge is -2.38. The van der Waals surface area contributed by atoms with Gasteiger partial charge in [0.15, 0.2) is 4.87 Å². The number of rotatable bonds is 4. The van der Waals surface area contributed by atoms with Gasteiger partial charge in [-0.1, -0.05) is 19.9 Å². The molecule has 0 spiro atoms. The molecule has 0 radical (unpaired) electrons. The van der Waals surface area contributed by atoms with Gasteiger partial charge in [-0.25, -0.2) is 4.79 Å². The predicted octanol–water partition coefficient (Wildman–Crippen LogP) is 1.42. The SMILES string of the molecule is CCC(C)(c1ccccn1)[C@@](N)(S)C(=O)O. The molecule has 0 aliphatic heterocycles. The van der Waals surface area contributed by atoms with Gasteiger partial charge in [0.2, 0.25) is 0 Å². The number of pyridine rings is 1. The first kappa shape index (κ1) is 13.0. The highest BCUT2D eigenvalue weighted by Crippen LogP contribution is 2.38. The van der Waals surface area contributed by atoms with Crippen LogP contribution < -0.4 is 5.73 Å². The Morgan fingerprint density at radius 1 is 1.62 bits per heavy atom. The Balaban J connectivity index is 3.28. The Kier molecular flexibility index (Phi) is 3.60. The van der Waals surface area contributed by atoms with Crippen molar-refractivity contribution in [1.82, 2.24) is 4.98 Å². The number of aliphatic carboxylic acids is 1. The van der Waals surface area contributed by atoms with Crippen LogP contribution in [0, 0.1) is 0 Å². The number of nitrogens with two attached hydrogens (primary N) is 1. The molecule has 2 atom stereocenters. The maximum Gasteiger partial charge on any atom is 0.334 e. The van der Waals surface area contributed by atoms with E-state index in [1.165, 1.54) is 0 Å². The molecular weight excluding hydrogens is 224 g/mol. The van der Waals surface area contributed by atoms with Gasteiger partial charge >= 0.3 is 5.97 Å². The van der Waals surface area contributed by atoms with Crippen LogP contribution in [0.4, 0.5) is 0 Å². The van der Waals surface area contributed by atoms with Crippen molar-refractivity contribution in [1.29, 1.82) is 0 Å². The van der Waals surface area contributed by atoms with Crippen molar-refractivity contribution in [2.75, 3.05) is 0 Å². The van der Waals surface area contributed by atoms with Crippen LogP contribution in [0.3, 0.4) is 0 Å². The summed E-state index contributed by atoms with van der Waals surface area (Å²) in [7, 11) is 0. The van der Waals surface area contributed by atoms with Crippen LogP contribution in [0.15, 0.2) is 24.4 Å². The van der Waals surface area contributed by atoms with Gasteiger partial charge < -0.3 is 10.8 Å². The summed E-state index contributed by atoms with van der Waals surface area (Å²) in [5.41, 5.74) is 5.63. The van der Waals surface area contributed by atoms with E-state index >= 15 is 0 Å². The number of carboxylic acid groups (broad SMARTS) is 1. The molecular formula is C11H16N2O2S. The number of thiol groups is 1. The molecule has 5 heteroatoms. The van der Waals surface area contributed by atoms with Gasteiger partial charge in [-0.05, 0) is 18.6 Å². The lowest BCUT2D eigenvalue weighted by molar-refractivity contribution is -0.141. The molecule has 0 aliphatic carbocycles. The van der Waals surface area contributed by atoms with Gasteiger partial charge in [0, 0.05) is 17.3 Å². The third kappa shape index (κ3) is 1.92. The van der Waals surface area contributed by atoms with Crippen LogP contribution in [0.25, 0.3) is 0 Å². The van der Waals surface area contributed by atoms with Crippen molar-refractivity contribution >= 4 is 18.6 Å². The van der Waals surface area contributed by atoms with Crippen molar-refractivity contribution in [2.45, 2.75) is 30.6 Å². The third-order valence-electron chi connectivity index (χ3n) is 3.10. The number of hydrogen-bond donors (Lipinski definition) is 3. The van der Waals surface area contributed by atoms with Gasteiger partial charge in [0.05, 0.1) is 0 Å². The van der Waals surface area contributed by atoms with Gasteiger partial charge in [0.1, 0.15) is 0 Å². The van der Waals surface area contributed by atoms with Crippen LogP contribution >= 0.6 is 12.6 Å². The van der Waals surface area contributed by atoms with E-state index in [0.717, 1.165) is 0 Å². The van der Waals surface area contributed by atoms with Gasteiger partial charge in [-0.2, -0.15) is 0 Å². The molecule has 4 nitrogen and oxygen atoms in total. The molecule has 0 amide bonds. The Bertz CT molecular complexity index is 381. The molecule has 1 rings (SSSR count). The summed E-state index contributed by atoms with van der Waals surface area (Å²) in [5.74, 6) is -1.15. The standard InChI is InChI=1S/C11H16N2O2S/c1-3-10(2,11(12,16)9(14)15)8-6-4-5-7-13-8/h4-7,16H,3,12H2,1-2H3,(H,14,15)/t10?,11-/m0/s1. The van der Waals surface area contributed by atoms with Crippen molar-refractivity contribution in [3.63, 3.8) is 0 Å². The van der Waals surface area contributed by atoms with E-state index in [0.29, 0.717) is 12.1 Å². The quantitative estimate of drug-likeness (QED) is 0.549. The largest absolute Gasteiger partial charge is 0.479 e. The maximum atomic E-state index is 11.2. The van der Waals surface area contributed by atoms with Crippen molar-refractivity contribution in [3.05, 3.63) is 30.1 Å². The zero-order chi connectivity index (χ0) is 12.4. The molecule has 0 aliphatic rings. The molecule has 1 heterocycles. The second-order valence-corrected chi connectivity index (χ2v) is 4.68. The van der Waals surface area contributed by atoms with E-state index in [4.69, 9.17) is 10.8 Å². The Morgan fingerprint density at radius 3 is 2.62 bits per heavy atom. The summed E-state index contributed by atoms with van der Waals surface area (Å²) >= 11 is 4.09. The average Bonchev–Trinajstić information content (AvgIpc) is 2.28. The Hall–Kier alpha value is -1.07. The molecule has 1 aromatic heterocycles. The summed E-state index contributed by atoms with van der Waals surface area (Å²) in [6.07, 6.45) is 2.16. The summed E-state index contributed by atoms with van der Waals surface area (Å²) in [6, 6.07) is 5.35. The lowest BCUT2D eigenvalue weighted by atomic mass is 9.76. The summed E-state index contributed by atoms with van der Waals surface area (Å²) in [4.78, 5) is 13.7. The minimum atomic E-state index is -1.64. The highest BCUT2D eigenvalue weighted by molar-refractivity contribution is 7.82.